The minimum atomic E-state index is -0.661. The number of rotatable bonds is 6. The number of hydrogen-bond acceptors (Lipinski definition) is 4. The maximum absolute atomic E-state index is 10.3. The number of guanidine groups is 1. The smallest absolute Gasteiger partial charge is 0.194 e. The lowest BCUT2D eigenvalue weighted by atomic mass is 10.1. The van der Waals surface area contributed by atoms with E-state index in [1.54, 1.807) is 24.5 Å². The van der Waals surface area contributed by atoms with Gasteiger partial charge in [-0.05, 0) is 36.8 Å². The van der Waals surface area contributed by atoms with Gasteiger partial charge in [0.15, 0.2) is 5.96 Å². The Morgan fingerprint density at radius 2 is 2.04 bits per heavy atom. The lowest BCUT2D eigenvalue weighted by Crippen LogP contribution is -2.38. The Morgan fingerprint density at radius 3 is 2.77 bits per heavy atom. The van der Waals surface area contributed by atoms with E-state index in [9.17, 15) is 5.11 Å². The van der Waals surface area contributed by atoms with Crippen molar-refractivity contribution in [2.45, 2.75) is 19.6 Å². The van der Waals surface area contributed by atoms with Crippen LogP contribution in [0.2, 0.25) is 0 Å². The van der Waals surface area contributed by atoms with Crippen LogP contribution in [-0.2, 0) is 6.54 Å². The van der Waals surface area contributed by atoms with Crippen LogP contribution in [-0.4, -0.2) is 41.1 Å². The molecule has 3 rings (SSSR count). The third-order valence-corrected chi connectivity index (χ3v) is 4.07. The molecule has 136 valence electrons. The molecule has 3 aromatic rings. The average molecular weight is 352 g/mol. The number of pyridine rings is 1. The Balaban J connectivity index is 1.69. The normalized spacial score (nSPS) is 13.0. The number of nitrogens with one attached hydrogen (secondary N) is 1. The molecule has 0 saturated carbocycles. The van der Waals surface area contributed by atoms with Gasteiger partial charge in [-0.15, -0.1) is 0 Å². The summed E-state index contributed by atoms with van der Waals surface area (Å²) in [6, 6.07) is 13.6. The molecule has 1 atom stereocenters. The second-order valence-corrected chi connectivity index (χ2v) is 6.10. The molecule has 2 N–H and O–H groups in total. The van der Waals surface area contributed by atoms with Crippen LogP contribution in [0.15, 0.2) is 64.3 Å². The van der Waals surface area contributed by atoms with Crippen molar-refractivity contribution in [1.29, 1.82) is 0 Å². The molecule has 0 saturated heterocycles. The monoisotopic (exact) mass is 352 g/mol. The summed E-state index contributed by atoms with van der Waals surface area (Å²) in [6.07, 6.45) is 2.67. The highest BCUT2D eigenvalue weighted by Crippen LogP contribution is 2.19. The molecule has 0 amide bonds. The van der Waals surface area contributed by atoms with Crippen molar-refractivity contribution in [2.75, 3.05) is 20.1 Å². The number of furan rings is 1. The number of aliphatic hydroxyl groups excluding tert-OH is 1. The number of aromatic nitrogens is 1. The van der Waals surface area contributed by atoms with Gasteiger partial charge in [0.2, 0.25) is 0 Å². The van der Waals surface area contributed by atoms with Crippen molar-refractivity contribution >= 4 is 16.9 Å². The molecule has 0 aliphatic rings. The minimum absolute atomic E-state index is 0.275. The highest BCUT2D eigenvalue weighted by molar-refractivity contribution is 5.80. The van der Waals surface area contributed by atoms with Crippen molar-refractivity contribution in [3.05, 3.63) is 66.2 Å². The Hall–Kier alpha value is -2.86. The van der Waals surface area contributed by atoms with E-state index in [1.165, 1.54) is 0 Å². The van der Waals surface area contributed by atoms with Crippen LogP contribution in [0, 0.1) is 0 Å². The average Bonchev–Trinajstić information content (AvgIpc) is 3.07. The van der Waals surface area contributed by atoms with Gasteiger partial charge in [0.25, 0.3) is 0 Å². The fourth-order valence-corrected chi connectivity index (χ4v) is 2.76. The summed E-state index contributed by atoms with van der Waals surface area (Å²) < 4.78 is 5.88. The van der Waals surface area contributed by atoms with Crippen molar-refractivity contribution in [3.63, 3.8) is 0 Å². The van der Waals surface area contributed by atoms with Gasteiger partial charge in [0.05, 0.1) is 19.2 Å². The van der Waals surface area contributed by atoms with Crippen LogP contribution in [0.3, 0.4) is 0 Å². The molecular weight excluding hydrogens is 328 g/mol. The predicted octanol–water partition coefficient (Wildman–Crippen LogP) is 2.96. The molecule has 26 heavy (non-hydrogen) atoms. The quantitative estimate of drug-likeness (QED) is 0.527. The summed E-state index contributed by atoms with van der Waals surface area (Å²) >= 11 is 0. The summed E-state index contributed by atoms with van der Waals surface area (Å²) in [6.45, 7) is 3.63. The summed E-state index contributed by atoms with van der Waals surface area (Å²) in [5.74, 6) is 1.59. The van der Waals surface area contributed by atoms with Gasteiger partial charge in [-0.2, -0.15) is 0 Å². The Bertz CT molecular complexity index is 827. The van der Waals surface area contributed by atoms with E-state index in [0.717, 1.165) is 34.8 Å². The zero-order valence-electron chi connectivity index (χ0n) is 15.1. The third kappa shape index (κ3) is 4.40. The fourth-order valence-electron chi connectivity index (χ4n) is 2.76. The van der Waals surface area contributed by atoms with Gasteiger partial charge >= 0.3 is 0 Å². The first kappa shape index (κ1) is 17.9. The Morgan fingerprint density at radius 1 is 1.27 bits per heavy atom. The van der Waals surface area contributed by atoms with Crippen LogP contribution >= 0.6 is 0 Å². The van der Waals surface area contributed by atoms with E-state index in [1.807, 2.05) is 49.2 Å². The summed E-state index contributed by atoms with van der Waals surface area (Å²) in [7, 11) is 1.95. The first-order valence-corrected chi connectivity index (χ1v) is 8.72. The number of aliphatic hydroxyl groups is 1. The molecule has 6 nitrogen and oxygen atoms in total. The van der Waals surface area contributed by atoms with E-state index in [0.29, 0.717) is 6.54 Å². The van der Waals surface area contributed by atoms with Gasteiger partial charge in [-0.1, -0.05) is 18.2 Å². The molecule has 0 bridgehead atoms. The molecule has 0 fully saturated rings. The van der Waals surface area contributed by atoms with E-state index in [4.69, 9.17) is 4.42 Å². The summed E-state index contributed by atoms with van der Waals surface area (Å²) in [4.78, 5) is 10.5. The van der Waals surface area contributed by atoms with Crippen LogP contribution in [0.5, 0.6) is 0 Å². The number of para-hydroxylation sites is 1. The molecule has 0 aliphatic carbocycles. The number of hydrogen-bond donors (Lipinski definition) is 2. The molecule has 0 spiro atoms. The predicted molar refractivity (Wildman–Crippen MR) is 103 cm³/mol. The molecule has 2 aromatic heterocycles. The standard InChI is InChI=1S/C20H24N4O2/c1-3-22-20(23-13-18(25)15-8-10-21-11-9-15)24(2)14-17-12-16-6-4-5-7-19(16)26-17/h4-12,18,25H,3,13-14H2,1-2H3,(H,22,23). The van der Waals surface area contributed by atoms with E-state index >= 15 is 0 Å². The third-order valence-electron chi connectivity index (χ3n) is 4.07. The first-order chi connectivity index (χ1) is 12.7. The lowest BCUT2D eigenvalue weighted by Gasteiger charge is -2.21. The lowest BCUT2D eigenvalue weighted by molar-refractivity contribution is 0.186. The maximum Gasteiger partial charge on any atom is 0.194 e. The molecule has 2 heterocycles. The Labute approximate surface area is 153 Å². The zero-order valence-corrected chi connectivity index (χ0v) is 15.1. The number of aliphatic imine (C=N–C) groups is 1. The molecule has 1 aromatic carbocycles. The second kappa shape index (κ2) is 8.49. The van der Waals surface area contributed by atoms with Crippen molar-refractivity contribution in [3.8, 4) is 0 Å². The van der Waals surface area contributed by atoms with Gasteiger partial charge in [0.1, 0.15) is 11.3 Å². The highest BCUT2D eigenvalue weighted by Gasteiger charge is 2.12. The van der Waals surface area contributed by atoms with Gasteiger partial charge < -0.3 is 19.7 Å². The fraction of sp³-hybridized carbons (Fsp3) is 0.300. The minimum Gasteiger partial charge on any atom is -0.459 e. The van der Waals surface area contributed by atoms with Crippen LogP contribution < -0.4 is 5.32 Å². The molecule has 0 aliphatic heterocycles. The Kier molecular flexibility index (Phi) is 5.86. The van der Waals surface area contributed by atoms with E-state index < -0.39 is 6.10 Å². The molecule has 1 unspecified atom stereocenters. The van der Waals surface area contributed by atoms with E-state index in [-0.39, 0.29) is 6.54 Å². The van der Waals surface area contributed by atoms with Gasteiger partial charge in [0, 0.05) is 31.4 Å². The molecular formula is C20H24N4O2. The van der Waals surface area contributed by atoms with Crippen molar-refractivity contribution < 1.29 is 9.52 Å². The van der Waals surface area contributed by atoms with Crippen molar-refractivity contribution in [2.24, 2.45) is 4.99 Å². The molecule has 0 radical (unpaired) electrons. The van der Waals surface area contributed by atoms with E-state index in [2.05, 4.69) is 15.3 Å². The first-order valence-electron chi connectivity index (χ1n) is 8.72. The SMILES string of the molecule is CCNC(=NCC(O)c1ccncc1)N(C)Cc1cc2ccccc2o1. The number of nitrogens with zero attached hydrogens (tertiary/aromatic N) is 3. The van der Waals surface area contributed by atoms with Crippen molar-refractivity contribution in [1.82, 2.24) is 15.2 Å². The summed E-state index contributed by atoms with van der Waals surface area (Å²) in [5.41, 5.74) is 1.69. The highest BCUT2D eigenvalue weighted by atomic mass is 16.3. The van der Waals surface area contributed by atoms with Gasteiger partial charge in [-0.3, -0.25) is 9.98 Å². The topological polar surface area (TPSA) is 73.9 Å². The zero-order chi connectivity index (χ0) is 18.4. The van der Waals surface area contributed by atoms with Crippen LogP contribution in [0.25, 0.3) is 11.0 Å². The number of fused-ring (bicyclic) bond motifs is 1. The van der Waals surface area contributed by atoms with Crippen LogP contribution in [0.4, 0.5) is 0 Å². The molecule has 6 heteroatoms. The largest absolute Gasteiger partial charge is 0.459 e. The number of benzene rings is 1. The summed E-state index contributed by atoms with van der Waals surface area (Å²) in [5, 5.41) is 14.6. The van der Waals surface area contributed by atoms with Crippen LogP contribution in [0.1, 0.15) is 24.4 Å². The van der Waals surface area contributed by atoms with Gasteiger partial charge in [-0.25, -0.2) is 0 Å². The maximum atomic E-state index is 10.3. The second-order valence-electron chi connectivity index (χ2n) is 6.10.